The predicted octanol–water partition coefficient (Wildman–Crippen LogP) is 4.07. The first kappa shape index (κ1) is 24.9. The number of rotatable bonds is 10. The molecule has 0 aliphatic carbocycles. The van der Waals surface area contributed by atoms with Crippen molar-refractivity contribution < 1.29 is 24.5 Å². The highest BCUT2D eigenvalue weighted by Crippen LogP contribution is 2.39. The molecule has 1 saturated heterocycles. The number of likely N-dealkylation sites (tertiary alicyclic amines) is 1. The van der Waals surface area contributed by atoms with E-state index in [-0.39, 0.29) is 18.6 Å². The number of hydrogen-bond acceptors (Lipinski definition) is 5. The van der Waals surface area contributed by atoms with Crippen LogP contribution in [0.5, 0.6) is 5.75 Å². The number of thioether (sulfide) groups is 1. The van der Waals surface area contributed by atoms with E-state index in [4.69, 9.17) is 4.74 Å². The smallest absolute Gasteiger partial charge is 0.407 e. The number of benzene rings is 2. The van der Waals surface area contributed by atoms with Crippen molar-refractivity contribution in [3.63, 3.8) is 0 Å². The van der Waals surface area contributed by atoms with E-state index in [0.29, 0.717) is 44.5 Å². The minimum Gasteiger partial charge on any atom is -0.497 e. The third-order valence-corrected chi connectivity index (χ3v) is 7.71. The van der Waals surface area contributed by atoms with E-state index < -0.39 is 10.8 Å². The second-order valence-corrected chi connectivity index (χ2v) is 9.56. The Balaban J connectivity index is 1.78. The van der Waals surface area contributed by atoms with Crippen molar-refractivity contribution in [2.75, 3.05) is 26.8 Å². The Morgan fingerprint density at radius 1 is 1.12 bits per heavy atom. The van der Waals surface area contributed by atoms with E-state index >= 15 is 0 Å². The number of nitrogens with zero attached hydrogens (tertiary/aromatic N) is 1. The normalized spacial score (nSPS) is 16.1. The molecular formula is C25H32N2O5S. The fraction of sp³-hybridized carbons (Fsp3) is 0.440. The maximum absolute atomic E-state index is 13.7. The molecule has 0 aromatic heterocycles. The molecule has 0 spiro atoms. The minimum absolute atomic E-state index is 0.0597. The van der Waals surface area contributed by atoms with Crippen LogP contribution < -0.4 is 10.1 Å². The lowest BCUT2D eigenvalue weighted by Gasteiger charge is -2.40. The van der Waals surface area contributed by atoms with Gasteiger partial charge in [0.15, 0.2) is 0 Å². The van der Waals surface area contributed by atoms with Crippen LogP contribution in [0.25, 0.3) is 0 Å². The Hall–Kier alpha value is -2.71. The second kappa shape index (κ2) is 12.0. The zero-order valence-electron chi connectivity index (χ0n) is 18.9. The molecular weight excluding hydrogens is 440 g/mol. The quantitative estimate of drug-likeness (QED) is 0.482. The topological polar surface area (TPSA) is 99.1 Å². The van der Waals surface area contributed by atoms with Crippen LogP contribution in [0.3, 0.4) is 0 Å². The molecule has 3 rings (SSSR count). The molecule has 0 radical (unpaired) electrons. The lowest BCUT2D eigenvalue weighted by atomic mass is 9.93. The van der Waals surface area contributed by atoms with E-state index in [9.17, 15) is 19.8 Å². The van der Waals surface area contributed by atoms with Crippen molar-refractivity contribution in [2.45, 2.75) is 42.2 Å². The number of piperidine rings is 1. The van der Waals surface area contributed by atoms with Crippen LogP contribution in [0.2, 0.25) is 0 Å². The molecule has 3 N–H and O–H groups in total. The van der Waals surface area contributed by atoms with Gasteiger partial charge in [-0.05, 0) is 48.9 Å². The maximum Gasteiger partial charge on any atom is 0.407 e. The Labute approximate surface area is 199 Å². The van der Waals surface area contributed by atoms with Gasteiger partial charge in [0.05, 0.1) is 17.9 Å². The number of nitrogens with one attached hydrogen (secondary N) is 1. The zero-order chi connectivity index (χ0) is 23.7. The van der Waals surface area contributed by atoms with Gasteiger partial charge in [-0.3, -0.25) is 4.79 Å². The second-order valence-electron chi connectivity index (χ2n) is 8.20. The largest absolute Gasteiger partial charge is 0.497 e. The van der Waals surface area contributed by atoms with Crippen LogP contribution in [0.1, 0.15) is 42.9 Å². The first-order chi connectivity index (χ1) is 16.0. The summed E-state index contributed by atoms with van der Waals surface area (Å²) in [5, 5.41) is 21.9. The molecule has 2 aromatic rings. The van der Waals surface area contributed by atoms with E-state index in [0.717, 1.165) is 16.9 Å². The van der Waals surface area contributed by atoms with Gasteiger partial charge in [-0.25, -0.2) is 4.79 Å². The van der Waals surface area contributed by atoms with Crippen LogP contribution in [0.4, 0.5) is 4.79 Å². The Bertz CT molecular complexity index is 899. The number of aliphatic hydroxyl groups excluding tert-OH is 1. The summed E-state index contributed by atoms with van der Waals surface area (Å²) in [4.78, 5) is 26.5. The molecule has 0 saturated carbocycles. The first-order valence-corrected chi connectivity index (χ1v) is 12.2. The van der Waals surface area contributed by atoms with Crippen molar-refractivity contribution in [3.8, 4) is 5.75 Å². The van der Waals surface area contributed by atoms with E-state index in [1.165, 1.54) is 4.90 Å². The fourth-order valence-corrected chi connectivity index (χ4v) is 5.33. The third kappa shape index (κ3) is 6.65. The van der Waals surface area contributed by atoms with Crippen LogP contribution in [-0.4, -0.2) is 58.7 Å². The number of ether oxygens (including phenoxy) is 1. The van der Waals surface area contributed by atoms with E-state index in [1.54, 1.807) is 18.9 Å². The number of carbonyl (C=O) groups is 2. The van der Waals surface area contributed by atoms with Gasteiger partial charge in [0.2, 0.25) is 5.91 Å². The number of carbonyl (C=O) groups excluding carboxylic acids is 1. The number of hydrogen-bond donors (Lipinski definition) is 3. The Kier molecular flexibility index (Phi) is 9.03. The van der Waals surface area contributed by atoms with Gasteiger partial charge >= 0.3 is 6.09 Å². The summed E-state index contributed by atoms with van der Waals surface area (Å²) in [6, 6.07) is 17.3. The molecule has 7 nitrogen and oxygen atoms in total. The minimum atomic E-state index is -0.950. The average Bonchev–Trinajstić information content (AvgIpc) is 2.86. The monoisotopic (exact) mass is 472 g/mol. The summed E-state index contributed by atoms with van der Waals surface area (Å²) in [6.07, 6.45) is 1.17. The fourth-order valence-electron chi connectivity index (χ4n) is 4.03. The molecule has 8 heteroatoms. The van der Waals surface area contributed by atoms with Gasteiger partial charge < -0.3 is 25.2 Å². The number of aliphatic hydroxyl groups is 1. The lowest BCUT2D eigenvalue weighted by molar-refractivity contribution is -0.125. The summed E-state index contributed by atoms with van der Waals surface area (Å²) in [5.74, 6) is 1.34. The highest BCUT2D eigenvalue weighted by Gasteiger charge is 2.43. The van der Waals surface area contributed by atoms with Crippen molar-refractivity contribution in [1.29, 1.82) is 0 Å². The molecule has 2 amide bonds. The van der Waals surface area contributed by atoms with Gasteiger partial charge in [0.1, 0.15) is 5.75 Å². The molecule has 2 aromatic carbocycles. The Morgan fingerprint density at radius 2 is 1.79 bits per heavy atom. The first-order valence-electron chi connectivity index (χ1n) is 11.2. The zero-order valence-corrected chi connectivity index (χ0v) is 19.7. The van der Waals surface area contributed by atoms with Crippen molar-refractivity contribution >= 4 is 23.8 Å². The molecule has 1 fully saturated rings. The van der Waals surface area contributed by atoms with Gasteiger partial charge in [-0.1, -0.05) is 42.5 Å². The van der Waals surface area contributed by atoms with Crippen LogP contribution in [-0.2, 0) is 10.5 Å². The molecule has 0 bridgehead atoms. The van der Waals surface area contributed by atoms with Crippen LogP contribution in [0.15, 0.2) is 54.6 Å². The summed E-state index contributed by atoms with van der Waals surface area (Å²) < 4.78 is 4.50. The highest BCUT2D eigenvalue weighted by atomic mass is 32.2. The SMILES string of the molecule is COc1ccc(CSC2(C(=O)N[C@H](CCCO)c3ccccc3)CCN(C(=O)O)CC2)cc1. The van der Waals surface area contributed by atoms with Crippen LogP contribution >= 0.6 is 11.8 Å². The van der Waals surface area contributed by atoms with Crippen molar-refractivity contribution in [3.05, 3.63) is 65.7 Å². The summed E-state index contributed by atoms with van der Waals surface area (Å²) in [6.45, 7) is 0.708. The van der Waals surface area contributed by atoms with E-state index in [1.807, 2.05) is 54.6 Å². The maximum atomic E-state index is 13.7. The number of carboxylic acid groups (broad SMARTS) is 1. The molecule has 1 aliphatic rings. The van der Waals surface area contributed by atoms with Crippen LogP contribution in [0, 0.1) is 0 Å². The summed E-state index contributed by atoms with van der Waals surface area (Å²) in [5.41, 5.74) is 2.08. The van der Waals surface area contributed by atoms with E-state index in [2.05, 4.69) is 5.32 Å². The van der Waals surface area contributed by atoms with Gasteiger partial charge in [-0.2, -0.15) is 0 Å². The van der Waals surface area contributed by atoms with Gasteiger partial charge in [0, 0.05) is 25.4 Å². The molecule has 33 heavy (non-hydrogen) atoms. The lowest BCUT2D eigenvalue weighted by Crippen LogP contribution is -2.53. The molecule has 1 aliphatic heterocycles. The van der Waals surface area contributed by atoms with Crippen molar-refractivity contribution in [1.82, 2.24) is 10.2 Å². The number of amides is 2. The molecule has 0 unspecified atom stereocenters. The predicted molar refractivity (Wildman–Crippen MR) is 129 cm³/mol. The standard InChI is InChI=1S/C25H32N2O5S/c1-32-21-11-9-19(10-12-21)18-33-25(13-15-27(16-14-25)24(30)31)23(29)26-22(8-5-17-28)20-6-3-2-4-7-20/h2-4,6-7,9-12,22,28H,5,8,13-18H2,1H3,(H,26,29)(H,30,31)/t22-/m1/s1. The average molecular weight is 473 g/mol. The van der Waals surface area contributed by atoms with Crippen molar-refractivity contribution in [2.24, 2.45) is 0 Å². The third-order valence-electron chi connectivity index (χ3n) is 6.09. The summed E-state index contributed by atoms with van der Waals surface area (Å²) >= 11 is 1.57. The molecule has 178 valence electrons. The molecule has 1 atom stereocenters. The molecule has 1 heterocycles. The van der Waals surface area contributed by atoms with Gasteiger partial charge in [-0.15, -0.1) is 11.8 Å². The summed E-state index contributed by atoms with van der Waals surface area (Å²) in [7, 11) is 1.62. The van der Waals surface area contributed by atoms with Gasteiger partial charge in [0.25, 0.3) is 0 Å². The number of methoxy groups -OCH3 is 1. The Morgan fingerprint density at radius 3 is 2.36 bits per heavy atom. The highest BCUT2D eigenvalue weighted by molar-refractivity contribution is 8.00.